The van der Waals surface area contributed by atoms with Gasteiger partial charge in [0, 0.05) is 25.2 Å². The van der Waals surface area contributed by atoms with Crippen molar-refractivity contribution in [2.45, 2.75) is 51.8 Å². The van der Waals surface area contributed by atoms with Crippen molar-refractivity contribution in [3.05, 3.63) is 42.0 Å². The number of hydrogen-bond acceptors (Lipinski definition) is 4. The van der Waals surface area contributed by atoms with Crippen LogP contribution in [0.25, 0.3) is 0 Å². The number of para-hydroxylation sites is 1. The van der Waals surface area contributed by atoms with Crippen molar-refractivity contribution in [2.24, 2.45) is 0 Å². The zero-order valence-electron chi connectivity index (χ0n) is 13.1. The number of aliphatic hydroxyl groups excluding tert-OH is 1. The molecule has 0 bridgehead atoms. The summed E-state index contributed by atoms with van der Waals surface area (Å²) >= 11 is 0. The summed E-state index contributed by atoms with van der Waals surface area (Å²) in [5, 5.41) is 18.6. The molecular formula is C17H24N4O. The van der Waals surface area contributed by atoms with Gasteiger partial charge in [0.15, 0.2) is 5.82 Å². The molecule has 5 heteroatoms. The molecule has 2 aromatic rings. The normalized spacial score (nSPS) is 15.9. The topological polar surface area (TPSA) is 54.2 Å². The van der Waals surface area contributed by atoms with Gasteiger partial charge in [-0.05, 0) is 31.9 Å². The Hall–Kier alpha value is -1.88. The summed E-state index contributed by atoms with van der Waals surface area (Å²) < 4.78 is 2.27. The van der Waals surface area contributed by atoms with Crippen LogP contribution in [0.4, 0.5) is 5.69 Å². The van der Waals surface area contributed by atoms with Crippen molar-refractivity contribution in [3.63, 3.8) is 0 Å². The molecule has 1 aliphatic heterocycles. The minimum atomic E-state index is -0.383. The second-order valence-electron chi connectivity index (χ2n) is 6.06. The van der Waals surface area contributed by atoms with Crippen LogP contribution in [0.5, 0.6) is 0 Å². The lowest BCUT2D eigenvalue weighted by atomic mass is 10.2. The summed E-state index contributed by atoms with van der Waals surface area (Å²) in [6.07, 6.45) is 4.30. The zero-order chi connectivity index (χ0) is 15.4. The number of anilines is 1. The van der Waals surface area contributed by atoms with Gasteiger partial charge in [-0.3, -0.25) is 0 Å². The number of nitrogens with zero attached hydrogens (tertiary/aromatic N) is 4. The fraction of sp³-hybridized carbons (Fsp3) is 0.529. The van der Waals surface area contributed by atoms with Crippen molar-refractivity contribution in [2.75, 3.05) is 11.4 Å². The van der Waals surface area contributed by atoms with Gasteiger partial charge in [-0.2, -0.15) is 0 Å². The second-order valence-corrected chi connectivity index (χ2v) is 6.06. The average Bonchev–Trinajstić information content (AvgIpc) is 2.75. The Kier molecular flexibility index (Phi) is 4.73. The first-order chi connectivity index (χ1) is 10.7. The molecule has 0 aliphatic carbocycles. The lowest BCUT2D eigenvalue weighted by Gasteiger charge is -2.26. The summed E-state index contributed by atoms with van der Waals surface area (Å²) in [5.41, 5.74) is 1.11. The van der Waals surface area contributed by atoms with E-state index in [1.165, 1.54) is 19.3 Å². The Morgan fingerprint density at radius 1 is 1.18 bits per heavy atom. The highest BCUT2D eigenvalue weighted by Gasteiger charge is 2.18. The van der Waals surface area contributed by atoms with Gasteiger partial charge in [0.25, 0.3) is 0 Å². The van der Waals surface area contributed by atoms with Crippen LogP contribution in [0.15, 0.2) is 30.3 Å². The molecule has 1 atom stereocenters. The molecular weight excluding hydrogens is 276 g/mol. The largest absolute Gasteiger partial charge is 0.392 e. The highest BCUT2D eigenvalue weighted by atomic mass is 16.3. The summed E-state index contributed by atoms with van der Waals surface area (Å²) in [5.74, 6) is 2.11. The number of aryl methyl sites for hydroxylation is 1. The third-order valence-electron chi connectivity index (χ3n) is 4.12. The Morgan fingerprint density at radius 2 is 2.00 bits per heavy atom. The first-order valence-corrected chi connectivity index (χ1v) is 8.13. The fourth-order valence-corrected chi connectivity index (χ4v) is 3.05. The van der Waals surface area contributed by atoms with E-state index in [4.69, 9.17) is 0 Å². The maximum atomic E-state index is 9.81. The predicted molar refractivity (Wildman–Crippen MR) is 86.7 cm³/mol. The monoisotopic (exact) mass is 300 g/mol. The first kappa shape index (κ1) is 15.0. The number of aromatic nitrogens is 3. The third-order valence-corrected chi connectivity index (χ3v) is 4.12. The highest BCUT2D eigenvalue weighted by molar-refractivity contribution is 5.46. The van der Waals surface area contributed by atoms with E-state index in [-0.39, 0.29) is 6.10 Å². The number of benzene rings is 1. The van der Waals surface area contributed by atoms with Crippen LogP contribution in [0.1, 0.15) is 37.8 Å². The molecule has 0 fully saturated rings. The van der Waals surface area contributed by atoms with Gasteiger partial charge in [0.1, 0.15) is 5.82 Å². The van der Waals surface area contributed by atoms with Crippen molar-refractivity contribution in [1.29, 1.82) is 0 Å². The van der Waals surface area contributed by atoms with Gasteiger partial charge < -0.3 is 14.6 Å². The molecule has 1 aliphatic rings. The Bertz CT molecular complexity index is 594. The second kappa shape index (κ2) is 6.92. The lowest BCUT2D eigenvalue weighted by molar-refractivity contribution is 0.199. The molecule has 2 heterocycles. The summed E-state index contributed by atoms with van der Waals surface area (Å²) in [4.78, 5) is 2.17. The van der Waals surface area contributed by atoms with E-state index in [1.54, 1.807) is 0 Å². The fourth-order valence-electron chi connectivity index (χ4n) is 3.05. The molecule has 5 nitrogen and oxygen atoms in total. The summed E-state index contributed by atoms with van der Waals surface area (Å²) in [7, 11) is 0. The van der Waals surface area contributed by atoms with Crippen molar-refractivity contribution < 1.29 is 5.11 Å². The van der Waals surface area contributed by atoms with E-state index in [2.05, 4.69) is 31.8 Å². The molecule has 0 saturated heterocycles. The van der Waals surface area contributed by atoms with Crippen molar-refractivity contribution >= 4 is 5.69 Å². The minimum Gasteiger partial charge on any atom is -0.392 e. The van der Waals surface area contributed by atoms with Crippen molar-refractivity contribution in [1.82, 2.24) is 14.8 Å². The van der Waals surface area contributed by atoms with Crippen molar-refractivity contribution in [3.8, 4) is 0 Å². The summed E-state index contributed by atoms with van der Waals surface area (Å²) in [6, 6.07) is 10.2. The number of fused-ring (bicyclic) bond motifs is 1. The van der Waals surface area contributed by atoms with E-state index in [0.717, 1.165) is 30.3 Å². The van der Waals surface area contributed by atoms with Crippen LogP contribution in [0.3, 0.4) is 0 Å². The van der Waals surface area contributed by atoms with Gasteiger partial charge in [-0.25, -0.2) is 0 Å². The quantitative estimate of drug-likeness (QED) is 0.921. The molecule has 3 rings (SSSR count). The molecule has 0 saturated carbocycles. The molecule has 1 N–H and O–H groups in total. The predicted octanol–water partition coefficient (Wildman–Crippen LogP) is 2.39. The first-order valence-electron chi connectivity index (χ1n) is 8.13. The molecule has 22 heavy (non-hydrogen) atoms. The van der Waals surface area contributed by atoms with E-state index in [1.807, 2.05) is 25.1 Å². The van der Waals surface area contributed by atoms with Gasteiger partial charge >= 0.3 is 0 Å². The van der Waals surface area contributed by atoms with Crippen LogP contribution in [0, 0.1) is 0 Å². The zero-order valence-corrected chi connectivity index (χ0v) is 13.1. The Labute approximate surface area is 131 Å². The molecule has 1 aromatic carbocycles. The van der Waals surface area contributed by atoms with Gasteiger partial charge in [0.05, 0.1) is 12.6 Å². The average molecular weight is 300 g/mol. The van der Waals surface area contributed by atoms with Crippen LogP contribution in [0.2, 0.25) is 0 Å². The Balaban J connectivity index is 1.83. The summed E-state index contributed by atoms with van der Waals surface area (Å²) in [6.45, 7) is 4.10. The van der Waals surface area contributed by atoms with Crippen LogP contribution in [-0.2, 0) is 19.5 Å². The number of rotatable bonds is 5. The van der Waals surface area contributed by atoms with Gasteiger partial charge in [0.2, 0.25) is 0 Å². The highest BCUT2D eigenvalue weighted by Crippen LogP contribution is 2.19. The smallest absolute Gasteiger partial charge is 0.152 e. The van der Waals surface area contributed by atoms with Gasteiger partial charge in [-0.15, -0.1) is 10.2 Å². The maximum absolute atomic E-state index is 9.81. The Morgan fingerprint density at radius 3 is 2.77 bits per heavy atom. The number of aliphatic hydroxyl groups is 1. The standard InChI is InChI=1S/C17H24N4O/c1-14(22)12-20(15-8-4-2-5-9-15)13-17-19-18-16-10-6-3-7-11-21(16)17/h2,4-5,8-9,14,22H,3,6-7,10-13H2,1H3. The van der Waals surface area contributed by atoms with Gasteiger partial charge in [-0.1, -0.05) is 24.6 Å². The maximum Gasteiger partial charge on any atom is 0.152 e. The molecule has 0 amide bonds. The molecule has 0 radical (unpaired) electrons. The third kappa shape index (κ3) is 3.47. The molecule has 1 unspecified atom stereocenters. The molecule has 1 aromatic heterocycles. The van der Waals surface area contributed by atoms with E-state index >= 15 is 0 Å². The lowest BCUT2D eigenvalue weighted by Crippen LogP contribution is -2.31. The minimum absolute atomic E-state index is 0.383. The van der Waals surface area contributed by atoms with Crippen LogP contribution in [-0.4, -0.2) is 32.5 Å². The SMILES string of the molecule is CC(O)CN(Cc1nnc2n1CCCCC2)c1ccccc1. The van der Waals surface area contributed by atoms with E-state index < -0.39 is 0 Å². The van der Waals surface area contributed by atoms with Crippen LogP contribution >= 0.6 is 0 Å². The molecule has 0 spiro atoms. The van der Waals surface area contributed by atoms with E-state index in [0.29, 0.717) is 13.1 Å². The number of hydrogen-bond donors (Lipinski definition) is 1. The van der Waals surface area contributed by atoms with E-state index in [9.17, 15) is 5.11 Å². The molecule has 118 valence electrons. The van der Waals surface area contributed by atoms with Crippen LogP contribution < -0.4 is 4.90 Å².